The Morgan fingerprint density at radius 2 is 1.94 bits per heavy atom. The molecule has 0 radical (unpaired) electrons. The highest BCUT2D eigenvalue weighted by molar-refractivity contribution is 14.1. The normalized spacial score (nSPS) is 10.7. The Bertz CT molecular complexity index is 363. The van der Waals surface area contributed by atoms with Crippen LogP contribution in [0.4, 0.5) is 0 Å². The van der Waals surface area contributed by atoms with Crippen LogP contribution in [0.5, 0.6) is 0 Å². The van der Waals surface area contributed by atoms with Gasteiger partial charge in [0.1, 0.15) is 0 Å². The average Bonchev–Trinajstić information content (AvgIpc) is 2.34. The number of benzene rings is 1. The summed E-state index contributed by atoms with van der Waals surface area (Å²) in [4.78, 5) is 11.8. The van der Waals surface area contributed by atoms with E-state index in [1.54, 1.807) is 0 Å². The molecule has 18 heavy (non-hydrogen) atoms. The van der Waals surface area contributed by atoms with Gasteiger partial charge in [-0.2, -0.15) is 0 Å². The number of carbonyl (C=O) groups is 1. The number of halogens is 1. The van der Waals surface area contributed by atoms with Gasteiger partial charge in [-0.3, -0.25) is 4.79 Å². The summed E-state index contributed by atoms with van der Waals surface area (Å²) in [6.07, 6.45) is 2.21. The van der Waals surface area contributed by atoms with Gasteiger partial charge in [0.05, 0.1) is 6.10 Å². The summed E-state index contributed by atoms with van der Waals surface area (Å²) in [5.41, 5.74) is 0.717. The van der Waals surface area contributed by atoms with E-state index in [2.05, 4.69) is 27.9 Å². The van der Waals surface area contributed by atoms with Crippen molar-refractivity contribution in [2.24, 2.45) is 0 Å². The Balaban J connectivity index is 2.16. The zero-order valence-corrected chi connectivity index (χ0v) is 13.1. The lowest BCUT2D eigenvalue weighted by Gasteiger charge is -2.08. The molecule has 1 amide bonds. The van der Waals surface area contributed by atoms with E-state index in [4.69, 9.17) is 4.74 Å². The molecule has 0 bridgehead atoms. The van der Waals surface area contributed by atoms with E-state index in [9.17, 15) is 4.79 Å². The van der Waals surface area contributed by atoms with Gasteiger partial charge in [0, 0.05) is 22.3 Å². The highest BCUT2D eigenvalue weighted by Gasteiger charge is 2.03. The molecule has 0 aromatic heterocycles. The summed E-state index contributed by atoms with van der Waals surface area (Å²) in [5.74, 6) is -0.00354. The zero-order valence-electron chi connectivity index (χ0n) is 10.9. The van der Waals surface area contributed by atoms with Gasteiger partial charge < -0.3 is 10.1 Å². The molecule has 4 heteroatoms. The average molecular weight is 361 g/mol. The van der Waals surface area contributed by atoms with Gasteiger partial charge in [-0.15, -0.1) is 0 Å². The van der Waals surface area contributed by atoms with Gasteiger partial charge in [-0.05, 0) is 73.5 Å². The van der Waals surface area contributed by atoms with Crippen molar-refractivity contribution in [2.75, 3.05) is 13.2 Å². The van der Waals surface area contributed by atoms with Crippen molar-refractivity contribution in [2.45, 2.75) is 32.8 Å². The second kappa shape index (κ2) is 8.48. The molecule has 0 spiro atoms. The number of hydrogen-bond acceptors (Lipinski definition) is 2. The third kappa shape index (κ3) is 6.35. The number of rotatable bonds is 7. The van der Waals surface area contributed by atoms with Gasteiger partial charge in [0.15, 0.2) is 0 Å². The van der Waals surface area contributed by atoms with Crippen LogP contribution in [-0.2, 0) is 4.74 Å². The van der Waals surface area contributed by atoms with Crippen molar-refractivity contribution in [3.05, 3.63) is 33.4 Å². The fourth-order valence-electron chi connectivity index (χ4n) is 1.45. The van der Waals surface area contributed by atoms with Crippen molar-refractivity contribution < 1.29 is 9.53 Å². The molecule has 0 atom stereocenters. The molecule has 0 aliphatic heterocycles. The molecule has 1 N–H and O–H groups in total. The maximum atomic E-state index is 11.8. The first-order valence-corrected chi connectivity index (χ1v) is 7.33. The molecule has 0 fully saturated rings. The Morgan fingerprint density at radius 3 is 2.56 bits per heavy atom. The maximum Gasteiger partial charge on any atom is 0.251 e. The van der Waals surface area contributed by atoms with E-state index in [0.29, 0.717) is 12.1 Å². The minimum absolute atomic E-state index is 0.00354. The SMILES string of the molecule is CC(C)OCCCCNC(=O)c1ccc(I)cc1. The number of nitrogens with one attached hydrogen (secondary N) is 1. The molecule has 0 heterocycles. The molecule has 1 rings (SSSR count). The third-order valence-corrected chi connectivity index (χ3v) is 3.13. The second-order valence-electron chi connectivity index (χ2n) is 4.39. The topological polar surface area (TPSA) is 38.3 Å². The molecular weight excluding hydrogens is 341 g/mol. The van der Waals surface area contributed by atoms with Gasteiger partial charge in [0.2, 0.25) is 0 Å². The summed E-state index contributed by atoms with van der Waals surface area (Å²) in [5, 5.41) is 2.91. The van der Waals surface area contributed by atoms with Crippen LogP contribution in [0, 0.1) is 3.57 Å². The molecule has 0 unspecified atom stereocenters. The van der Waals surface area contributed by atoms with E-state index in [-0.39, 0.29) is 12.0 Å². The Labute approximate surface area is 122 Å². The Morgan fingerprint density at radius 1 is 1.28 bits per heavy atom. The van der Waals surface area contributed by atoms with E-state index in [1.807, 2.05) is 38.1 Å². The minimum atomic E-state index is -0.00354. The fourth-order valence-corrected chi connectivity index (χ4v) is 1.81. The van der Waals surface area contributed by atoms with Crippen LogP contribution < -0.4 is 5.32 Å². The minimum Gasteiger partial charge on any atom is -0.379 e. The first-order chi connectivity index (χ1) is 8.59. The highest BCUT2D eigenvalue weighted by atomic mass is 127. The van der Waals surface area contributed by atoms with Crippen LogP contribution in [-0.4, -0.2) is 25.2 Å². The molecule has 1 aromatic rings. The second-order valence-corrected chi connectivity index (χ2v) is 5.64. The smallest absolute Gasteiger partial charge is 0.251 e. The molecule has 1 aromatic carbocycles. The molecule has 0 saturated carbocycles. The lowest BCUT2D eigenvalue weighted by Crippen LogP contribution is -2.24. The van der Waals surface area contributed by atoms with Crippen LogP contribution in [0.1, 0.15) is 37.0 Å². The van der Waals surface area contributed by atoms with Crippen LogP contribution in [0.2, 0.25) is 0 Å². The number of unbranched alkanes of at least 4 members (excludes halogenated alkanes) is 1. The van der Waals surface area contributed by atoms with Gasteiger partial charge in [-0.25, -0.2) is 0 Å². The van der Waals surface area contributed by atoms with Crippen LogP contribution in [0.25, 0.3) is 0 Å². The van der Waals surface area contributed by atoms with Gasteiger partial charge in [-0.1, -0.05) is 0 Å². The van der Waals surface area contributed by atoms with Crippen molar-refractivity contribution >= 4 is 28.5 Å². The summed E-state index contributed by atoms with van der Waals surface area (Å²) in [6.45, 7) is 5.51. The zero-order chi connectivity index (χ0) is 13.4. The van der Waals surface area contributed by atoms with Crippen LogP contribution in [0.3, 0.4) is 0 Å². The maximum absolute atomic E-state index is 11.8. The predicted octanol–water partition coefficient (Wildman–Crippen LogP) is 3.23. The molecule has 100 valence electrons. The Kier molecular flexibility index (Phi) is 7.27. The largest absolute Gasteiger partial charge is 0.379 e. The van der Waals surface area contributed by atoms with E-state index in [1.165, 1.54) is 0 Å². The number of hydrogen-bond donors (Lipinski definition) is 1. The number of carbonyl (C=O) groups excluding carboxylic acids is 1. The number of ether oxygens (including phenoxy) is 1. The summed E-state index contributed by atoms with van der Waals surface area (Å²) >= 11 is 2.22. The quantitative estimate of drug-likeness (QED) is 0.598. The lowest BCUT2D eigenvalue weighted by molar-refractivity contribution is 0.0754. The lowest BCUT2D eigenvalue weighted by atomic mass is 10.2. The summed E-state index contributed by atoms with van der Waals surface area (Å²) in [6, 6.07) is 7.57. The van der Waals surface area contributed by atoms with Gasteiger partial charge in [0.25, 0.3) is 5.91 Å². The van der Waals surface area contributed by atoms with E-state index in [0.717, 1.165) is 23.0 Å². The fraction of sp³-hybridized carbons (Fsp3) is 0.500. The van der Waals surface area contributed by atoms with Crippen LogP contribution in [0.15, 0.2) is 24.3 Å². The van der Waals surface area contributed by atoms with Gasteiger partial charge >= 0.3 is 0 Å². The Hall–Kier alpha value is -0.620. The third-order valence-electron chi connectivity index (χ3n) is 2.41. The highest BCUT2D eigenvalue weighted by Crippen LogP contribution is 2.06. The first kappa shape index (κ1) is 15.4. The number of amides is 1. The van der Waals surface area contributed by atoms with Crippen molar-refractivity contribution in [3.8, 4) is 0 Å². The predicted molar refractivity (Wildman–Crippen MR) is 81.8 cm³/mol. The van der Waals surface area contributed by atoms with E-state index < -0.39 is 0 Å². The van der Waals surface area contributed by atoms with Crippen molar-refractivity contribution in [1.82, 2.24) is 5.32 Å². The first-order valence-electron chi connectivity index (χ1n) is 6.25. The molecule has 0 aliphatic rings. The van der Waals surface area contributed by atoms with Crippen molar-refractivity contribution in [3.63, 3.8) is 0 Å². The molecule has 0 saturated heterocycles. The standard InChI is InChI=1S/C14H20INO2/c1-11(2)18-10-4-3-9-16-14(17)12-5-7-13(15)8-6-12/h5-8,11H,3-4,9-10H2,1-2H3,(H,16,17). The van der Waals surface area contributed by atoms with Crippen LogP contribution >= 0.6 is 22.6 Å². The monoisotopic (exact) mass is 361 g/mol. The van der Waals surface area contributed by atoms with Crippen molar-refractivity contribution in [1.29, 1.82) is 0 Å². The summed E-state index contributed by atoms with van der Waals surface area (Å²) in [7, 11) is 0. The molecule has 3 nitrogen and oxygen atoms in total. The molecular formula is C14H20INO2. The summed E-state index contributed by atoms with van der Waals surface area (Å²) < 4.78 is 6.57. The van der Waals surface area contributed by atoms with E-state index >= 15 is 0 Å². The molecule has 0 aliphatic carbocycles.